The van der Waals surface area contributed by atoms with E-state index in [0.717, 1.165) is 12.1 Å². The van der Waals surface area contributed by atoms with Crippen LogP contribution in [0.2, 0.25) is 0 Å². The van der Waals surface area contributed by atoms with Crippen LogP contribution in [0.3, 0.4) is 0 Å². The maximum atomic E-state index is 12.7. The molecule has 0 radical (unpaired) electrons. The lowest BCUT2D eigenvalue weighted by Crippen LogP contribution is -2.11. The molecule has 1 atom stereocenters. The smallest absolute Gasteiger partial charge is 0.416 e. The third kappa shape index (κ3) is 2.56. The summed E-state index contributed by atoms with van der Waals surface area (Å²) in [6.45, 7) is 0. The number of benzene rings is 2. The number of ether oxygens (including phenoxy) is 1. The minimum atomic E-state index is -4.41. The highest BCUT2D eigenvalue weighted by atomic mass is 19.4. The van der Waals surface area contributed by atoms with Crippen LogP contribution in [0.15, 0.2) is 48.5 Å². The van der Waals surface area contributed by atoms with Crippen molar-refractivity contribution in [2.24, 2.45) is 0 Å². The van der Waals surface area contributed by atoms with Crippen molar-refractivity contribution in [3.05, 3.63) is 65.2 Å². The van der Waals surface area contributed by atoms with Crippen LogP contribution in [-0.4, -0.2) is 5.97 Å². The number of nitrogens with one attached hydrogen (secondary N) is 1. The van der Waals surface area contributed by atoms with Crippen molar-refractivity contribution >= 4 is 11.7 Å². The van der Waals surface area contributed by atoms with E-state index in [1.165, 1.54) is 12.1 Å². The summed E-state index contributed by atoms with van der Waals surface area (Å²) in [4.78, 5) is 11.7. The molecule has 0 spiro atoms. The number of halogens is 3. The summed E-state index contributed by atoms with van der Waals surface area (Å²) < 4.78 is 43.1. The largest absolute Gasteiger partial charge is 0.434 e. The number of esters is 1. The summed E-state index contributed by atoms with van der Waals surface area (Å²) in [5, 5.41) is 2.80. The predicted molar refractivity (Wildman–Crippen MR) is 69.7 cm³/mol. The number of fused-ring (bicyclic) bond motifs is 1. The molecule has 21 heavy (non-hydrogen) atoms. The highest BCUT2D eigenvalue weighted by Gasteiger charge is 2.32. The van der Waals surface area contributed by atoms with Crippen LogP contribution in [0.5, 0.6) is 0 Å². The quantitative estimate of drug-likeness (QED) is 0.851. The summed E-state index contributed by atoms with van der Waals surface area (Å²) >= 11 is 0. The summed E-state index contributed by atoms with van der Waals surface area (Å²) in [6, 6.07) is 11.5. The molecule has 1 heterocycles. The van der Waals surface area contributed by atoms with Crippen molar-refractivity contribution in [3.8, 4) is 0 Å². The van der Waals surface area contributed by atoms with Gasteiger partial charge in [-0.15, -0.1) is 0 Å². The third-order valence-electron chi connectivity index (χ3n) is 3.18. The lowest BCUT2D eigenvalue weighted by molar-refractivity contribution is -0.137. The Labute approximate surface area is 118 Å². The first-order chi connectivity index (χ1) is 9.95. The van der Waals surface area contributed by atoms with Crippen LogP contribution in [0.4, 0.5) is 18.9 Å². The Hall–Kier alpha value is -2.50. The second-order valence-electron chi connectivity index (χ2n) is 4.60. The Morgan fingerprint density at radius 2 is 1.81 bits per heavy atom. The molecule has 0 saturated heterocycles. The molecule has 1 N–H and O–H groups in total. The fourth-order valence-electron chi connectivity index (χ4n) is 2.19. The van der Waals surface area contributed by atoms with E-state index in [-0.39, 0.29) is 5.69 Å². The second-order valence-corrected chi connectivity index (χ2v) is 4.60. The van der Waals surface area contributed by atoms with E-state index in [1.54, 1.807) is 24.3 Å². The van der Waals surface area contributed by atoms with Gasteiger partial charge in [0.2, 0.25) is 6.23 Å². The molecule has 1 unspecified atom stereocenters. The van der Waals surface area contributed by atoms with Crippen LogP contribution in [0.25, 0.3) is 0 Å². The Morgan fingerprint density at radius 3 is 2.57 bits per heavy atom. The van der Waals surface area contributed by atoms with Gasteiger partial charge < -0.3 is 10.1 Å². The van der Waals surface area contributed by atoms with Gasteiger partial charge in [0.25, 0.3) is 0 Å². The molecule has 0 fully saturated rings. The fourth-order valence-corrected chi connectivity index (χ4v) is 2.19. The van der Waals surface area contributed by atoms with Gasteiger partial charge in [-0.1, -0.05) is 24.3 Å². The van der Waals surface area contributed by atoms with Gasteiger partial charge in [0, 0.05) is 11.3 Å². The summed E-state index contributed by atoms with van der Waals surface area (Å²) in [6.07, 6.45) is -5.20. The number of rotatable bonds is 2. The number of carbonyl (C=O) groups excluding carboxylic acids is 1. The zero-order valence-electron chi connectivity index (χ0n) is 10.6. The average molecular weight is 293 g/mol. The molecule has 0 amide bonds. The van der Waals surface area contributed by atoms with Crippen molar-refractivity contribution < 1.29 is 22.7 Å². The Balaban J connectivity index is 1.87. The highest BCUT2D eigenvalue weighted by Crippen LogP contribution is 2.34. The number of carbonyl (C=O) groups is 1. The molecule has 2 aromatic rings. The van der Waals surface area contributed by atoms with Gasteiger partial charge in [0.15, 0.2) is 0 Å². The predicted octanol–water partition coefficient (Wildman–Crippen LogP) is 3.99. The summed E-state index contributed by atoms with van der Waals surface area (Å²) in [7, 11) is 0. The summed E-state index contributed by atoms with van der Waals surface area (Å²) in [5.41, 5.74) is 0.506. The van der Waals surface area contributed by atoms with E-state index in [2.05, 4.69) is 5.32 Å². The molecular formula is C15H10F3NO2. The second kappa shape index (κ2) is 4.80. The summed E-state index contributed by atoms with van der Waals surface area (Å²) in [5.74, 6) is -0.491. The maximum absolute atomic E-state index is 12.7. The Kier molecular flexibility index (Phi) is 3.08. The molecule has 1 aliphatic heterocycles. The lowest BCUT2D eigenvalue weighted by atomic mass is 10.1. The molecule has 1 aliphatic rings. The average Bonchev–Trinajstić information content (AvgIpc) is 2.76. The standard InChI is InChI=1S/C15H10F3NO2/c16-15(17,18)9-4-3-5-10(8-9)19-13-11-6-1-2-7-12(11)14(20)21-13/h1-8,13,19H. The van der Waals surface area contributed by atoms with Gasteiger partial charge in [-0.2, -0.15) is 13.2 Å². The fraction of sp³-hybridized carbons (Fsp3) is 0.133. The Bertz CT molecular complexity index is 697. The molecular weight excluding hydrogens is 283 g/mol. The first-order valence-electron chi connectivity index (χ1n) is 6.19. The SMILES string of the molecule is O=C1OC(Nc2cccc(C(F)(F)F)c2)c2ccccc21. The van der Waals surface area contributed by atoms with Crippen LogP contribution in [0, 0.1) is 0 Å². The lowest BCUT2D eigenvalue weighted by Gasteiger charge is -2.15. The van der Waals surface area contributed by atoms with Crippen molar-refractivity contribution in [2.45, 2.75) is 12.4 Å². The molecule has 0 aromatic heterocycles. The van der Waals surface area contributed by atoms with E-state index in [1.807, 2.05) is 0 Å². The molecule has 3 nitrogen and oxygen atoms in total. The minimum absolute atomic E-state index is 0.235. The number of alkyl halides is 3. The van der Waals surface area contributed by atoms with E-state index in [0.29, 0.717) is 11.1 Å². The van der Waals surface area contributed by atoms with Gasteiger partial charge in [-0.05, 0) is 24.3 Å². The van der Waals surface area contributed by atoms with Gasteiger partial charge >= 0.3 is 12.1 Å². The molecule has 108 valence electrons. The van der Waals surface area contributed by atoms with Crippen LogP contribution in [0.1, 0.15) is 27.7 Å². The third-order valence-corrected chi connectivity index (χ3v) is 3.18. The minimum Gasteiger partial charge on any atom is -0.434 e. The van der Waals surface area contributed by atoms with E-state index in [9.17, 15) is 18.0 Å². The first-order valence-corrected chi connectivity index (χ1v) is 6.19. The van der Waals surface area contributed by atoms with Gasteiger partial charge in [-0.3, -0.25) is 0 Å². The highest BCUT2D eigenvalue weighted by molar-refractivity contribution is 5.94. The molecule has 2 aromatic carbocycles. The molecule has 0 saturated carbocycles. The number of anilines is 1. The van der Waals surface area contributed by atoms with Crippen molar-refractivity contribution in [3.63, 3.8) is 0 Å². The van der Waals surface area contributed by atoms with Crippen LogP contribution in [-0.2, 0) is 10.9 Å². The zero-order chi connectivity index (χ0) is 15.0. The molecule has 0 bridgehead atoms. The van der Waals surface area contributed by atoms with E-state index < -0.39 is 23.9 Å². The van der Waals surface area contributed by atoms with Gasteiger partial charge in [0.1, 0.15) is 0 Å². The zero-order valence-corrected chi connectivity index (χ0v) is 10.6. The van der Waals surface area contributed by atoms with Gasteiger partial charge in [-0.25, -0.2) is 4.79 Å². The van der Waals surface area contributed by atoms with Crippen molar-refractivity contribution in [1.82, 2.24) is 0 Å². The van der Waals surface area contributed by atoms with Gasteiger partial charge in [0.05, 0.1) is 11.1 Å². The maximum Gasteiger partial charge on any atom is 0.416 e. The van der Waals surface area contributed by atoms with Crippen molar-refractivity contribution in [2.75, 3.05) is 5.32 Å². The van der Waals surface area contributed by atoms with Crippen LogP contribution >= 0.6 is 0 Å². The normalized spacial score (nSPS) is 17.3. The number of cyclic esters (lactones) is 1. The van der Waals surface area contributed by atoms with E-state index >= 15 is 0 Å². The molecule has 0 aliphatic carbocycles. The number of hydrogen-bond acceptors (Lipinski definition) is 3. The van der Waals surface area contributed by atoms with E-state index in [4.69, 9.17) is 4.74 Å². The van der Waals surface area contributed by atoms with Crippen LogP contribution < -0.4 is 5.32 Å². The first kappa shape index (κ1) is 13.5. The molecule has 3 rings (SSSR count). The molecule has 6 heteroatoms. The number of hydrogen-bond donors (Lipinski definition) is 1. The Morgan fingerprint density at radius 1 is 1.05 bits per heavy atom. The topological polar surface area (TPSA) is 38.3 Å². The van der Waals surface area contributed by atoms with Crippen molar-refractivity contribution in [1.29, 1.82) is 0 Å². The monoisotopic (exact) mass is 293 g/mol.